The van der Waals surface area contributed by atoms with Crippen molar-refractivity contribution in [2.75, 3.05) is 0 Å². The van der Waals surface area contributed by atoms with Gasteiger partial charge in [-0.3, -0.25) is 0 Å². The van der Waals surface area contributed by atoms with Gasteiger partial charge in [-0.2, -0.15) is 5.26 Å². The summed E-state index contributed by atoms with van der Waals surface area (Å²) in [6.45, 7) is 5.94. The average Bonchev–Trinajstić information content (AvgIpc) is 2.64. The van der Waals surface area contributed by atoms with Crippen LogP contribution >= 0.6 is 0 Å². The van der Waals surface area contributed by atoms with Crippen molar-refractivity contribution in [2.24, 2.45) is 5.73 Å². The highest BCUT2D eigenvalue weighted by Crippen LogP contribution is 2.33. The van der Waals surface area contributed by atoms with Crippen LogP contribution in [0.1, 0.15) is 31.9 Å². The lowest BCUT2D eigenvalue weighted by molar-refractivity contribution is 0.685. The quantitative estimate of drug-likeness (QED) is 0.881. The monoisotopic (exact) mass is 329 g/mol. The molecule has 3 rings (SSSR count). The van der Waals surface area contributed by atoms with Crippen LogP contribution in [0.3, 0.4) is 0 Å². The Labute approximate surface area is 149 Å². The molecular formula is C22H23N3. The zero-order chi connectivity index (χ0) is 18.0. The van der Waals surface area contributed by atoms with Crippen LogP contribution in [-0.4, -0.2) is 6.17 Å². The fourth-order valence-electron chi connectivity index (χ4n) is 2.99. The Balaban J connectivity index is 2.23. The van der Waals surface area contributed by atoms with Crippen LogP contribution < -0.4 is 11.1 Å². The number of nitriles is 1. The summed E-state index contributed by atoms with van der Waals surface area (Å²) < 4.78 is 0. The lowest BCUT2D eigenvalue weighted by Gasteiger charge is -2.24. The average molecular weight is 329 g/mol. The van der Waals surface area contributed by atoms with Gasteiger partial charge in [-0.25, -0.2) is 0 Å². The van der Waals surface area contributed by atoms with Gasteiger partial charge in [-0.15, -0.1) is 0 Å². The van der Waals surface area contributed by atoms with Crippen LogP contribution in [0, 0.1) is 11.3 Å². The van der Waals surface area contributed by atoms with E-state index in [-0.39, 0.29) is 6.17 Å². The van der Waals surface area contributed by atoms with Gasteiger partial charge in [-0.05, 0) is 84.6 Å². The summed E-state index contributed by atoms with van der Waals surface area (Å²) in [5, 5.41) is 12.7. The van der Waals surface area contributed by atoms with E-state index in [1.807, 2.05) is 51.2 Å². The Morgan fingerprint density at radius 3 is 2.40 bits per heavy atom. The summed E-state index contributed by atoms with van der Waals surface area (Å²) in [4.78, 5) is 0. The van der Waals surface area contributed by atoms with Crippen LogP contribution in [0.5, 0.6) is 0 Å². The third-order valence-corrected chi connectivity index (χ3v) is 4.77. The molecule has 25 heavy (non-hydrogen) atoms. The fourth-order valence-corrected chi connectivity index (χ4v) is 2.99. The van der Waals surface area contributed by atoms with Gasteiger partial charge in [0, 0.05) is 0 Å². The van der Waals surface area contributed by atoms with Gasteiger partial charge in [0.25, 0.3) is 0 Å². The van der Waals surface area contributed by atoms with Crippen LogP contribution in [-0.2, 0) is 5.41 Å². The van der Waals surface area contributed by atoms with Gasteiger partial charge >= 0.3 is 0 Å². The molecule has 0 spiro atoms. The van der Waals surface area contributed by atoms with Crippen molar-refractivity contribution < 1.29 is 0 Å². The van der Waals surface area contributed by atoms with Crippen molar-refractivity contribution in [1.82, 2.24) is 5.32 Å². The summed E-state index contributed by atoms with van der Waals surface area (Å²) in [6.07, 6.45) is 3.75. The summed E-state index contributed by atoms with van der Waals surface area (Å²) in [5.74, 6) is 0. The molecule has 0 amide bonds. The molecule has 2 aromatic carbocycles. The molecule has 3 heteroatoms. The Bertz CT molecular complexity index is 883. The third-order valence-electron chi connectivity index (χ3n) is 4.77. The molecule has 0 aliphatic carbocycles. The number of rotatable bonds is 3. The SMILES string of the molecule is CC1=C(c2cc(-c3ccccc3)cc(C(C)(C)C#N)c2)C=CNC1N. The van der Waals surface area contributed by atoms with Crippen molar-refractivity contribution in [1.29, 1.82) is 5.26 Å². The molecule has 0 saturated heterocycles. The molecule has 1 aliphatic rings. The molecule has 0 fully saturated rings. The summed E-state index contributed by atoms with van der Waals surface area (Å²) >= 11 is 0. The zero-order valence-corrected chi connectivity index (χ0v) is 14.9. The number of nitrogens with two attached hydrogens (primary N) is 1. The zero-order valence-electron chi connectivity index (χ0n) is 14.9. The summed E-state index contributed by atoms with van der Waals surface area (Å²) in [5.41, 5.74) is 12.1. The highest BCUT2D eigenvalue weighted by molar-refractivity contribution is 5.81. The normalized spacial score (nSPS) is 17.2. The minimum atomic E-state index is -0.563. The van der Waals surface area contributed by atoms with Crippen molar-refractivity contribution >= 4 is 5.57 Å². The van der Waals surface area contributed by atoms with Crippen molar-refractivity contribution in [3.63, 3.8) is 0 Å². The molecule has 2 aromatic rings. The summed E-state index contributed by atoms with van der Waals surface area (Å²) in [7, 11) is 0. The van der Waals surface area contributed by atoms with E-state index >= 15 is 0 Å². The Morgan fingerprint density at radius 2 is 1.72 bits per heavy atom. The maximum atomic E-state index is 9.60. The highest BCUT2D eigenvalue weighted by Gasteiger charge is 2.22. The Kier molecular flexibility index (Phi) is 4.48. The predicted octanol–water partition coefficient (Wildman–Crippen LogP) is 4.33. The molecule has 3 nitrogen and oxygen atoms in total. The second kappa shape index (κ2) is 6.58. The Morgan fingerprint density at radius 1 is 1.04 bits per heavy atom. The largest absolute Gasteiger partial charge is 0.372 e. The van der Waals surface area contributed by atoms with E-state index in [4.69, 9.17) is 5.73 Å². The maximum Gasteiger partial charge on any atom is 0.0967 e. The van der Waals surface area contributed by atoms with Gasteiger partial charge in [-0.1, -0.05) is 30.3 Å². The second-order valence-electron chi connectivity index (χ2n) is 6.98. The fraction of sp³-hybridized carbons (Fsp3) is 0.227. The molecule has 126 valence electrons. The number of allylic oxidation sites excluding steroid dienone is 2. The molecule has 0 saturated carbocycles. The van der Waals surface area contributed by atoms with Crippen molar-refractivity contribution in [3.8, 4) is 17.2 Å². The van der Waals surface area contributed by atoms with Gasteiger partial charge in [0.2, 0.25) is 0 Å². The van der Waals surface area contributed by atoms with E-state index in [0.29, 0.717) is 0 Å². The van der Waals surface area contributed by atoms with Gasteiger partial charge in [0.1, 0.15) is 0 Å². The third kappa shape index (κ3) is 3.35. The predicted molar refractivity (Wildman–Crippen MR) is 103 cm³/mol. The first-order chi connectivity index (χ1) is 11.9. The first kappa shape index (κ1) is 17.0. The molecule has 0 radical (unpaired) electrons. The van der Waals surface area contributed by atoms with Crippen molar-refractivity contribution in [3.05, 3.63) is 77.5 Å². The standard InChI is InChI=1S/C22H23N3/c1-15-20(9-10-25-21(15)24)18-11-17(16-7-5-4-6-8-16)12-19(13-18)22(2,3)14-23/h4-13,21,25H,24H2,1-3H3. The first-order valence-electron chi connectivity index (χ1n) is 8.44. The number of dihydropyridines is 1. The van der Waals surface area contributed by atoms with Gasteiger partial charge in [0.05, 0.1) is 17.6 Å². The second-order valence-corrected chi connectivity index (χ2v) is 6.98. The first-order valence-corrected chi connectivity index (χ1v) is 8.44. The van der Waals surface area contributed by atoms with Crippen LogP contribution in [0.2, 0.25) is 0 Å². The number of benzene rings is 2. The lowest BCUT2D eigenvalue weighted by Crippen LogP contribution is -2.37. The van der Waals surface area contributed by atoms with E-state index in [2.05, 4.69) is 41.7 Å². The number of hydrogen-bond acceptors (Lipinski definition) is 3. The number of nitrogens with zero attached hydrogens (tertiary/aromatic N) is 1. The molecule has 3 N–H and O–H groups in total. The molecule has 0 bridgehead atoms. The van der Waals surface area contributed by atoms with E-state index in [1.165, 1.54) is 0 Å². The van der Waals surface area contributed by atoms with E-state index in [0.717, 1.165) is 33.4 Å². The van der Waals surface area contributed by atoms with E-state index in [9.17, 15) is 5.26 Å². The topological polar surface area (TPSA) is 61.8 Å². The molecule has 0 aromatic heterocycles. The van der Waals surface area contributed by atoms with Crippen molar-refractivity contribution in [2.45, 2.75) is 32.4 Å². The molecular weight excluding hydrogens is 306 g/mol. The number of nitrogens with one attached hydrogen (secondary N) is 1. The van der Waals surface area contributed by atoms with Crippen LogP contribution in [0.4, 0.5) is 0 Å². The molecule has 1 heterocycles. The van der Waals surface area contributed by atoms with Gasteiger partial charge < -0.3 is 11.1 Å². The Hall–Kier alpha value is -2.83. The van der Waals surface area contributed by atoms with Gasteiger partial charge in [0.15, 0.2) is 0 Å². The van der Waals surface area contributed by atoms with E-state index < -0.39 is 5.41 Å². The lowest BCUT2D eigenvalue weighted by atomic mass is 9.82. The molecule has 1 aliphatic heterocycles. The molecule has 1 atom stereocenters. The molecule has 1 unspecified atom stereocenters. The maximum absolute atomic E-state index is 9.60. The minimum Gasteiger partial charge on any atom is -0.372 e. The number of hydrogen-bond donors (Lipinski definition) is 2. The summed E-state index contributed by atoms with van der Waals surface area (Å²) in [6, 6.07) is 19.1. The minimum absolute atomic E-state index is 0.187. The van der Waals surface area contributed by atoms with Crippen LogP contribution in [0.15, 0.2) is 66.4 Å². The highest BCUT2D eigenvalue weighted by atomic mass is 15.0. The van der Waals surface area contributed by atoms with E-state index in [1.54, 1.807) is 0 Å². The van der Waals surface area contributed by atoms with Crippen LogP contribution in [0.25, 0.3) is 16.7 Å². The smallest absolute Gasteiger partial charge is 0.0967 e.